The number of nitrogens with zero attached hydrogens (tertiary/aromatic N) is 3. The molecule has 0 aliphatic rings. The standard InChI is InChI=1S/C25H24N4O4S/c1-3-7-20-22(13-12-19(16(2)30)24(20)31)33-15-17-8-6-9-18(14-17)34(32)23-11-5-4-10-21(23)25-26-28-29-27-25/h4-6,8-14,31H,3,7,15H2,1-2H3,(H,26,27,28,29). The fraction of sp³-hybridized carbons (Fsp3) is 0.200. The number of carbonyl (C=O) groups is 1. The van der Waals surface area contributed by atoms with E-state index in [1.807, 2.05) is 43.3 Å². The number of H-pyrrole nitrogens is 1. The second-order valence-electron chi connectivity index (χ2n) is 7.70. The van der Waals surface area contributed by atoms with Crippen molar-refractivity contribution in [3.63, 3.8) is 0 Å². The Hall–Kier alpha value is -3.69. The van der Waals surface area contributed by atoms with Gasteiger partial charge in [0.05, 0.1) is 11.1 Å². The molecule has 0 amide bonds. The molecule has 0 saturated carbocycles. The number of phenols is 1. The number of Topliss-reactive ketones (excluding diaryl/α,β-unsaturated/α-hetero) is 1. The molecule has 1 atom stereocenters. The predicted molar refractivity (Wildman–Crippen MR) is 127 cm³/mol. The zero-order valence-electron chi connectivity index (χ0n) is 18.8. The topological polar surface area (TPSA) is 124 Å². The molecule has 174 valence electrons. The van der Waals surface area contributed by atoms with Crippen LogP contribution < -0.4 is 4.74 Å². The van der Waals surface area contributed by atoms with Gasteiger partial charge in [-0.05, 0) is 59.7 Å². The summed E-state index contributed by atoms with van der Waals surface area (Å²) < 4.78 is 19.4. The molecule has 1 heterocycles. The van der Waals surface area contributed by atoms with Gasteiger partial charge in [0.2, 0.25) is 0 Å². The average molecular weight is 477 g/mol. The minimum Gasteiger partial charge on any atom is -0.606 e. The molecule has 1 unspecified atom stereocenters. The summed E-state index contributed by atoms with van der Waals surface area (Å²) in [5.41, 5.74) is 2.39. The molecule has 0 aliphatic carbocycles. The molecule has 4 aromatic rings. The van der Waals surface area contributed by atoms with Gasteiger partial charge >= 0.3 is 0 Å². The third kappa shape index (κ3) is 4.95. The predicted octanol–water partition coefficient (Wildman–Crippen LogP) is 4.47. The number of benzene rings is 3. The van der Waals surface area contributed by atoms with Crippen molar-refractivity contribution >= 4 is 17.0 Å². The number of hydrogen-bond donors (Lipinski definition) is 2. The number of tetrazole rings is 1. The fourth-order valence-electron chi connectivity index (χ4n) is 3.66. The highest BCUT2D eigenvalue weighted by Gasteiger charge is 2.22. The molecule has 0 fully saturated rings. The Morgan fingerprint density at radius 1 is 1.15 bits per heavy atom. The van der Waals surface area contributed by atoms with Crippen LogP contribution in [0, 0.1) is 0 Å². The quantitative estimate of drug-likeness (QED) is 0.270. The van der Waals surface area contributed by atoms with Crippen molar-refractivity contribution in [1.82, 2.24) is 20.6 Å². The lowest BCUT2D eigenvalue weighted by Gasteiger charge is -2.16. The molecule has 0 bridgehead atoms. The van der Waals surface area contributed by atoms with E-state index in [9.17, 15) is 14.5 Å². The molecule has 0 aliphatic heterocycles. The van der Waals surface area contributed by atoms with E-state index < -0.39 is 11.2 Å². The molecule has 1 aromatic heterocycles. The summed E-state index contributed by atoms with van der Waals surface area (Å²) >= 11 is -1.47. The molecule has 2 N–H and O–H groups in total. The first-order valence-corrected chi connectivity index (χ1v) is 12.0. The van der Waals surface area contributed by atoms with Crippen molar-refractivity contribution in [1.29, 1.82) is 0 Å². The van der Waals surface area contributed by atoms with E-state index in [0.29, 0.717) is 38.9 Å². The number of ketones is 1. The fourth-order valence-corrected chi connectivity index (χ4v) is 4.95. The first-order valence-electron chi connectivity index (χ1n) is 10.8. The van der Waals surface area contributed by atoms with Crippen LogP contribution in [-0.4, -0.2) is 36.1 Å². The Morgan fingerprint density at radius 2 is 1.97 bits per heavy atom. The molecule has 3 aromatic carbocycles. The SMILES string of the molecule is CCCc1c(OCc2cccc([S+]([O-])c3ccccc3-c3nnn[nH]3)c2)ccc(C(C)=O)c1O. The van der Waals surface area contributed by atoms with Crippen LogP contribution in [0.1, 0.15) is 41.8 Å². The molecule has 9 heteroatoms. The van der Waals surface area contributed by atoms with Gasteiger partial charge in [-0.2, -0.15) is 0 Å². The minimum absolute atomic E-state index is 0.0276. The van der Waals surface area contributed by atoms with Crippen molar-refractivity contribution in [3.05, 3.63) is 77.4 Å². The number of nitrogens with one attached hydrogen (secondary N) is 1. The van der Waals surface area contributed by atoms with Gasteiger partial charge in [0.15, 0.2) is 21.4 Å². The Labute approximate surface area is 200 Å². The molecule has 4 rings (SSSR count). The average Bonchev–Trinajstić information content (AvgIpc) is 3.39. The van der Waals surface area contributed by atoms with Gasteiger partial charge in [-0.3, -0.25) is 4.79 Å². The van der Waals surface area contributed by atoms with E-state index in [-0.39, 0.29) is 23.7 Å². The summed E-state index contributed by atoms with van der Waals surface area (Å²) in [4.78, 5) is 13.0. The van der Waals surface area contributed by atoms with Crippen LogP contribution >= 0.6 is 0 Å². The van der Waals surface area contributed by atoms with Gasteiger partial charge in [-0.25, -0.2) is 5.10 Å². The first-order chi connectivity index (χ1) is 16.5. The summed E-state index contributed by atoms with van der Waals surface area (Å²) in [5.74, 6) is 0.748. The number of aromatic amines is 1. The molecular formula is C25H24N4O4S. The first kappa shape index (κ1) is 23.5. The summed E-state index contributed by atoms with van der Waals surface area (Å²) in [6.07, 6.45) is 1.37. The van der Waals surface area contributed by atoms with Crippen molar-refractivity contribution in [2.75, 3.05) is 0 Å². The summed E-state index contributed by atoms with van der Waals surface area (Å²) in [7, 11) is 0. The summed E-state index contributed by atoms with van der Waals surface area (Å²) in [6.45, 7) is 3.64. The maximum atomic E-state index is 13.4. The smallest absolute Gasteiger partial charge is 0.184 e. The molecule has 34 heavy (non-hydrogen) atoms. The number of aromatic nitrogens is 4. The minimum atomic E-state index is -1.47. The van der Waals surface area contributed by atoms with Crippen LogP contribution in [0.25, 0.3) is 11.4 Å². The van der Waals surface area contributed by atoms with Gasteiger partial charge < -0.3 is 14.4 Å². The molecule has 8 nitrogen and oxygen atoms in total. The maximum Gasteiger partial charge on any atom is 0.184 e. The highest BCUT2D eigenvalue weighted by atomic mass is 32.2. The van der Waals surface area contributed by atoms with E-state index in [2.05, 4.69) is 20.6 Å². The molecular weight excluding hydrogens is 452 g/mol. The Bertz CT molecular complexity index is 1290. The van der Waals surface area contributed by atoms with Gasteiger partial charge in [0.25, 0.3) is 0 Å². The van der Waals surface area contributed by atoms with Gasteiger partial charge in [0, 0.05) is 22.8 Å². The second kappa shape index (κ2) is 10.5. The molecule has 0 radical (unpaired) electrons. The van der Waals surface area contributed by atoms with E-state index >= 15 is 0 Å². The highest BCUT2D eigenvalue weighted by Crippen LogP contribution is 2.34. The summed E-state index contributed by atoms with van der Waals surface area (Å²) in [6, 6.07) is 17.9. The van der Waals surface area contributed by atoms with Crippen molar-refractivity contribution in [3.8, 4) is 22.9 Å². The van der Waals surface area contributed by atoms with Crippen molar-refractivity contribution in [2.24, 2.45) is 0 Å². The lowest BCUT2D eigenvalue weighted by atomic mass is 10.0. The van der Waals surface area contributed by atoms with E-state index in [1.54, 1.807) is 24.3 Å². The van der Waals surface area contributed by atoms with E-state index in [4.69, 9.17) is 4.74 Å². The van der Waals surface area contributed by atoms with Crippen LogP contribution in [0.5, 0.6) is 11.5 Å². The van der Waals surface area contributed by atoms with Crippen LogP contribution in [-0.2, 0) is 24.2 Å². The zero-order chi connectivity index (χ0) is 24.1. The summed E-state index contributed by atoms with van der Waals surface area (Å²) in [5, 5.41) is 24.4. The maximum absolute atomic E-state index is 13.4. The van der Waals surface area contributed by atoms with Crippen LogP contribution in [0.3, 0.4) is 0 Å². The number of rotatable bonds is 9. The number of ether oxygens (including phenoxy) is 1. The van der Waals surface area contributed by atoms with E-state index in [0.717, 1.165) is 12.0 Å². The monoisotopic (exact) mass is 476 g/mol. The third-order valence-corrected chi connectivity index (χ3v) is 6.75. The largest absolute Gasteiger partial charge is 0.606 e. The Morgan fingerprint density at radius 3 is 2.71 bits per heavy atom. The lowest BCUT2D eigenvalue weighted by molar-refractivity contribution is 0.101. The second-order valence-corrected chi connectivity index (χ2v) is 9.14. The Balaban J connectivity index is 1.57. The number of hydrogen-bond acceptors (Lipinski definition) is 7. The van der Waals surface area contributed by atoms with Crippen LogP contribution in [0.15, 0.2) is 70.5 Å². The van der Waals surface area contributed by atoms with Gasteiger partial charge in [0.1, 0.15) is 18.1 Å². The number of aromatic hydroxyl groups is 1. The van der Waals surface area contributed by atoms with E-state index in [1.165, 1.54) is 6.92 Å². The van der Waals surface area contributed by atoms with Gasteiger partial charge in [-0.15, -0.1) is 5.10 Å². The van der Waals surface area contributed by atoms with Crippen LogP contribution in [0.2, 0.25) is 0 Å². The number of carbonyl (C=O) groups excluding carboxylic acids is 1. The zero-order valence-corrected chi connectivity index (χ0v) is 19.6. The third-order valence-electron chi connectivity index (χ3n) is 5.31. The number of phenolic OH excluding ortho intramolecular Hbond substituents is 1. The highest BCUT2D eigenvalue weighted by molar-refractivity contribution is 7.91. The van der Waals surface area contributed by atoms with Gasteiger partial charge in [-0.1, -0.05) is 37.6 Å². The Kier molecular flexibility index (Phi) is 7.24. The van der Waals surface area contributed by atoms with Crippen molar-refractivity contribution in [2.45, 2.75) is 43.1 Å². The van der Waals surface area contributed by atoms with Crippen LogP contribution in [0.4, 0.5) is 0 Å². The normalized spacial score (nSPS) is 11.9. The molecule has 0 saturated heterocycles. The van der Waals surface area contributed by atoms with Crippen molar-refractivity contribution < 1.29 is 19.2 Å². The lowest BCUT2D eigenvalue weighted by Crippen LogP contribution is -2.06. The molecule has 0 spiro atoms.